The lowest BCUT2D eigenvalue weighted by Crippen LogP contribution is -2.18. The van der Waals surface area contributed by atoms with Crippen molar-refractivity contribution in [3.05, 3.63) is 59.9 Å². The van der Waals surface area contributed by atoms with Crippen LogP contribution in [0.4, 0.5) is 10.1 Å². The lowest BCUT2D eigenvalue weighted by atomic mass is 10.0. The second kappa shape index (κ2) is 10.3. The van der Waals surface area contributed by atoms with Crippen molar-refractivity contribution in [3.63, 3.8) is 0 Å². The van der Waals surface area contributed by atoms with Gasteiger partial charge < -0.3 is 10.1 Å². The maximum Gasteiger partial charge on any atom is 0.234 e. The molecule has 8 heteroatoms. The zero-order valence-corrected chi connectivity index (χ0v) is 19.1. The molecule has 1 aromatic heterocycles. The Morgan fingerprint density at radius 3 is 2.72 bits per heavy atom. The number of benzene rings is 2. The first-order valence-corrected chi connectivity index (χ1v) is 11.8. The number of para-hydroxylation sites is 1. The molecule has 1 aliphatic rings. The van der Waals surface area contributed by atoms with E-state index in [0.717, 1.165) is 36.3 Å². The van der Waals surface area contributed by atoms with Crippen LogP contribution in [-0.2, 0) is 16.1 Å². The molecule has 2 heterocycles. The molecule has 1 amide bonds. The van der Waals surface area contributed by atoms with Gasteiger partial charge in [0.25, 0.3) is 0 Å². The maximum atomic E-state index is 13.4. The molecule has 6 nitrogen and oxygen atoms in total. The summed E-state index contributed by atoms with van der Waals surface area (Å²) in [5.41, 5.74) is 2.71. The number of aromatic nitrogens is 3. The van der Waals surface area contributed by atoms with Gasteiger partial charge in [-0.15, -0.1) is 10.2 Å². The van der Waals surface area contributed by atoms with Crippen LogP contribution in [0.25, 0.3) is 11.4 Å². The molecule has 1 N–H and O–H groups in total. The van der Waals surface area contributed by atoms with Crippen LogP contribution in [0.5, 0.6) is 0 Å². The molecule has 2 aromatic carbocycles. The molecule has 4 rings (SSSR count). The van der Waals surface area contributed by atoms with Gasteiger partial charge in [0.15, 0.2) is 11.0 Å². The lowest BCUT2D eigenvalue weighted by Gasteiger charge is -2.15. The predicted molar refractivity (Wildman–Crippen MR) is 124 cm³/mol. The standard InChI is InChI=1S/C24H27FN4O2S/c1-16(2)20-7-3-4-8-21(20)26-22(30)15-32-24-28-27-23(17-9-11-18(25)12-10-17)29(24)14-19-6-5-13-31-19/h3-4,7-12,16,19H,5-6,13-15H2,1-2H3,(H,26,30). The van der Waals surface area contributed by atoms with E-state index in [9.17, 15) is 9.18 Å². The number of carbonyl (C=O) groups excluding carboxylic acids is 1. The molecule has 0 spiro atoms. The Kier molecular flexibility index (Phi) is 7.22. The highest BCUT2D eigenvalue weighted by molar-refractivity contribution is 7.99. The zero-order chi connectivity index (χ0) is 22.5. The van der Waals surface area contributed by atoms with Gasteiger partial charge in [0.2, 0.25) is 5.91 Å². The van der Waals surface area contributed by atoms with Crippen molar-refractivity contribution in [1.82, 2.24) is 14.8 Å². The fourth-order valence-corrected chi connectivity index (χ4v) is 4.54. The van der Waals surface area contributed by atoms with E-state index in [0.29, 0.717) is 23.4 Å². The number of nitrogens with one attached hydrogen (secondary N) is 1. The SMILES string of the molecule is CC(C)c1ccccc1NC(=O)CSc1nnc(-c2ccc(F)cc2)n1CC1CCCO1. The van der Waals surface area contributed by atoms with Crippen LogP contribution in [0.1, 0.15) is 38.2 Å². The van der Waals surface area contributed by atoms with Crippen molar-refractivity contribution >= 4 is 23.4 Å². The Labute approximate surface area is 191 Å². The Hall–Kier alpha value is -2.71. The first-order valence-electron chi connectivity index (χ1n) is 10.8. The Morgan fingerprint density at radius 2 is 2.00 bits per heavy atom. The van der Waals surface area contributed by atoms with Gasteiger partial charge in [0.05, 0.1) is 18.4 Å². The van der Waals surface area contributed by atoms with Crippen molar-refractivity contribution in [2.45, 2.75) is 50.4 Å². The lowest BCUT2D eigenvalue weighted by molar-refractivity contribution is -0.113. The van der Waals surface area contributed by atoms with Crippen molar-refractivity contribution in [2.24, 2.45) is 0 Å². The number of nitrogens with zero attached hydrogens (tertiary/aromatic N) is 3. The highest BCUT2D eigenvalue weighted by Gasteiger charge is 2.22. The van der Waals surface area contributed by atoms with Crippen molar-refractivity contribution in [3.8, 4) is 11.4 Å². The van der Waals surface area contributed by atoms with E-state index in [1.54, 1.807) is 12.1 Å². The number of anilines is 1. The number of amides is 1. The van der Waals surface area contributed by atoms with Crippen LogP contribution in [0.3, 0.4) is 0 Å². The Balaban J connectivity index is 1.50. The number of rotatable bonds is 8. The summed E-state index contributed by atoms with van der Waals surface area (Å²) in [5.74, 6) is 0.768. The third-order valence-corrected chi connectivity index (χ3v) is 6.39. The van der Waals surface area contributed by atoms with E-state index in [1.165, 1.54) is 23.9 Å². The normalized spacial score (nSPS) is 15.9. The average Bonchev–Trinajstić information content (AvgIpc) is 3.44. The molecule has 1 aliphatic heterocycles. The highest BCUT2D eigenvalue weighted by Crippen LogP contribution is 2.28. The van der Waals surface area contributed by atoms with Gasteiger partial charge in [-0.3, -0.25) is 9.36 Å². The summed E-state index contributed by atoms with van der Waals surface area (Å²) < 4.78 is 21.2. The summed E-state index contributed by atoms with van der Waals surface area (Å²) >= 11 is 1.34. The molecule has 168 valence electrons. The third kappa shape index (κ3) is 5.37. The smallest absolute Gasteiger partial charge is 0.234 e. The second-order valence-electron chi connectivity index (χ2n) is 8.14. The second-order valence-corrected chi connectivity index (χ2v) is 9.08. The molecule has 0 bridgehead atoms. The third-order valence-electron chi connectivity index (χ3n) is 5.42. The molecule has 0 radical (unpaired) electrons. The molecule has 1 saturated heterocycles. The zero-order valence-electron chi connectivity index (χ0n) is 18.3. The topological polar surface area (TPSA) is 69.0 Å². The van der Waals surface area contributed by atoms with E-state index in [1.807, 2.05) is 28.8 Å². The van der Waals surface area contributed by atoms with Crippen LogP contribution in [0.2, 0.25) is 0 Å². The molecule has 1 atom stereocenters. The molecule has 0 aliphatic carbocycles. The van der Waals surface area contributed by atoms with Crippen LogP contribution >= 0.6 is 11.8 Å². The van der Waals surface area contributed by atoms with E-state index < -0.39 is 0 Å². The van der Waals surface area contributed by atoms with Crippen LogP contribution in [0.15, 0.2) is 53.7 Å². The number of carbonyl (C=O) groups is 1. The Bertz CT molecular complexity index is 1060. The summed E-state index contributed by atoms with van der Waals surface area (Å²) in [5, 5.41) is 12.3. The molecule has 0 saturated carbocycles. The fourth-order valence-electron chi connectivity index (χ4n) is 3.80. The summed E-state index contributed by atoms with van der Waals surface area (Å²) in [4.78, 5) is 12.7. The van der Waals surface area contributed by atoms with Crippen molar-refractivity contribution < 1.29 is 13.9 Å². The largest absolute Gasteiger partial charge is 0.376 e. The van der Waals surface area contributed by atoms with Crippen LogP contribution in [-0.4, -0.2) is 39.1 Å². The molecule has 1 unspecified atom stereocenters. The first-order chi connectivity index (χ1) is 15.5. The minimum absolute atomic E-state index is 0.0799. The summed E-state index contributed by atoms with van der Waals surface area (Å²) in [7, 11) is 0. The molecule has 32 heavy (non-hydrogen) atoms. The summed E-state index contributed by atoms with van der Waals surface area (Å²) in [6.45, 7) is 5.55. The first kappa shape index (κ1) is 22.5. The minimum Gasteiger partial charge on any atom is -0.376 e. The van der Waals surface area contributed by atoms with E-state index >= 15 is 0 Å². The number of thioether (sulfide) groups is 1. The maximum absolute atomic E-state index is 13.4. The van der Waals surface area contributed by atoms with Crippen LogP contribution < -0.4 is 5.32 Å². The number of hydrogen-bond acceptors (Lipinski definition) is 5. The van der Waals surface area contributed by atoms with Gasteiger partial charge in [-0.1, -0.05) is 43.8 Å². The van der Waals surface area contributed by atoms with Gasteiger partial charge in [-0.2, -0.15) is 0 Å². The fraction of sp³-hybridized carbons (Fsp3) is 0.375. The van der Waals surface area contributed by atoms with E-state index in [4.69, 9.17) is 4.74 Å². The van der Waals surface area contributed by atoms with Gasteiger partial charge in [-0.25, -0.2) is 4.39 Å². The van der Waals surface area contributed by atoms with Gasteiger partial charge in [0, 0.05) is 17.9 Å². The molecule has 3 aromatic rings. The minimum atomic E-state index is -0.299. The number of hydrogen-bond donors (Lipinski definition) is 1. The van der Waals surface area contributed by atoms with Gasteiger partial charge in [0.1, 0.15) is 5.82 Å². The number of halogens is 1. The van der Waals surface area contributed by atoms with Gasteiger partial charge in [-0.05, 0) is 54.7 Å². The monoisotopic (exact) mass is 454 g/mol. The highest BCUT2D eigenvalue weighted by atomic mass is 32.2. The quantitative estimate of drug-likeness (QED) is 0.479. The molecular formula is C24H27FN4O2S. The van der Waals surface area contributed by atoms with Crippen molar-refractivity contribution in [2.75, 3.05) is 17.7 Å². The summed E-state index contributed by atoms with van der Waals surface area (Å²) in [6.07, 6.45) is 2.08. The predicted octanol–water partition coefficient (Wildman–Crippen LogP) is 5.12. The molecule has 1 fully saturated rings. The van der Waals surface area contributed by atoms with Crippen LogP contribution in [0, 0.1) is 5.82 Å². The summed E-state index contributed by atoms with van der Waals surface area (Å²) in [6, 6.07) is 14.0. The van der Waals surface area contributed by atoms with Gasteiger partial charge >= 0.3 is 0 Å². The number of ether oxygens (including phenoxy) is 1. The molecular weight excluding hydrogens is 427 g/mol. The van der Waals surface area contributed by atoms with E-state index in [-0.39, 0.29) is 23.6 Å². The van der Waals surface area contributed by atoms with E-state index in [2.05, 4.69) is 29.4 Å². The Morgan fingerprint density at radius 1 is 1.22 bits per heavy atom. The average molecular weight is 455 g/mol. The van der Waals surface area contributed by atoms with Crippen molar-refractivity contribution in [1.29, 1.82) is 0 Å².